The number of fused-ring (bicyclic) bond motifs is 6. The summed E-state index contributed by atoms with van der Waals surface area (Å²) in [6.45, 7) is 4.47. The van der Waals surface area contributed by atoms with Crippen molar-refractivity contribution in [1.82, 2.24) is 4.57 Å². The second-order valence-corrected chi connectivity index (χ2v) is 11.9. The van der Waals surface area contributed by atoms with Crippen LogP contribution in [0, 0.1) is 0 Å². The molecule has 0 aliphatic heterocycles. The molecule has 0 atom stereocenters. The molecule has 2 heteroatoms. The van der Waals surface area contributed by atoms with Gasteiger partial charge >= 0.3 is 0 Å². The fourth-order valence-corrected chi connectivity index (χ4v) is 7.12. The third kappa shape index (κ3) is 4.12. The third-order valence-corrected chi connectivity index (χ3v) is 9.29. The van der Waals surface area contributed by atoms with Gasteiger partial charge < -0.3 is 9.47 Å². The van der Waals surface area contributed by atoms with Gasteiger partial charge in [-0.05, 0) is 106 Å². The molecule has 8 aromatic rings. The zero-order valence-corrected chi connectivity index (χ0v) is 25.3. The quantitative estimate of drug-likeness (QED) is 0.195. The van der Waals surface area contributed by atoms with Crippen LogP contribution in [0.5, 0.6) is 0 Å². The number of rotatable bonds is 5. The lowest BCUT2D eigenvalue weighted by atomic mass is 10.0. The van der Waals surface area contributed by atoms with Crippen LogP contribution in [0.4, 0.5) is 17.1 Å². The summed E-state index contributed by atoms with van der Waals surface area (Å²) in [6.07, 6.45) is 0. The number of anilines is 3. The molecule has 0 spiro atoms. The summed E-state index contributed by atoms with van der Waals surface area (Å²) < 4.78 is 2.36. The molecule has 1 aliphatic carbocycles. The van der Waals surface area contributed by atoms with Crippen LogP contribution in [-0.4, -0.2) is 4.57 Å². The number of aromatic nitrogens is 1. The maximum atomic E-state index is 4.47. The van der Waals surface area contributed by atoms with Crippen molar-refractivity contribution in [3.63, 3.8) is 0 Å². The van der Waals surface area contributed by atoms with E-state index in [9.17, 15) is 0 Å². The van der Waals surface area contributed by atoms with Crippen LogP contribution >= 0.6 is 0 Å². The van der Waals surface area contributed by atoms with Crippen LogP contribution in [0.3, 0.4) is 0 Å². The van der Waals surface area contributed by atoms with Crippen LogP contribution in [0.25, 0.3) is 55.3 Å². The topological polar surface area (TPSA) is 8.17 Å². The molecule has 46 heavy (non-hydrogen) atoms. The third-order valence-electron chi connectivity index (χ3n) is 9.29. The maximum Gasteiger partial charge on any atom is 0.0541 e. The summed E-state index contributed by atoms with van der Waals surface area (Å²) >= 11 is 0. The zero-order valence-electron chi connectivity index (χ0n) is 25.3. The molecule has 0 unspecified atom stereocenters. The van der Waals surface area contributed by atoms with Gasteiger partial charge in [0.05, 0.1) is 11.0 Å². The van der Waals surface area contributed by atoms with Gasteiger partial charge in [0.2, 0.25) is 0 Å². The molecule has 1 aliphatic rings. The number of nitrogens with zero attached hydrogens (tertiary/aromatic N) is 2. The Labute approximate surface area is 268 Å². The highest BCUT2D eigenvalue weighted by Crippen LogP contribution is 2.46. The van der Waals surface area contributed by atoms with Gasteiger partial charge in [-0.25, -0.2) is 0 Å². The predicted octanol–water partition coefficient (Wildman–Crippen LogP) is 12.0. The molecular weight excluding hydrogens is 556 g/mol. The summed E-state index contributed by atoms with van der Waals surface area (Å²) in [7, 11) is 0. The Kier molecular flexibility index (Phi) is 6.00. The smallest absolute Gasteiger partial charge is 0.0541 e. The molecule has 0 radical (unpaired) electrons. The van der Waals surface area contributed by atoms with E-state index in [2.05, 4.69) is 186 Å². The lowest BCUT2D eigenvalue weighted by molar-refractivity contribution is 1.18. The van der Waals surface area contributed by atoms with Crippen molar-refractivity contribution in [2.75, 3.05) is 4.90 Å². The average molecular weight is 587 g/mol. The first-order valence-electron chi connectivity index (χ1n) is 15.7. The Balaban J connectivity index is 1.13. The Morgan fingerprint density at radius 1 is 0.391 bits per heavy atom. The summed E-state index contributed by atoms with van der Waals surface area (Å²) in [5.74, 6) is 0. The van der Waals surface area contributed by atoms with Gasteiger partial charge in [0.15, 0.2) is 0 Å². The van der Waals surface area contributed by atoms with E-state index in [1.54, 1.807) is 0 Å². The highest BCUT2D eigenvalue weighted by atomic mass is 15.1. The molecule has 9 rings (SSSR count). The minimum absolute atomic E-state index is 1.08. The molecule has 1 heterocycles. The highest BCUT2D eigenvalue weighted by Gasteiger charge is 2.23. The number of hydrogen-bond donors (Lipinski definition) is 0. The van der Waals surface area contributed by atoms with Gasteiger partial charge in [-0.1, -0.05) is 110 Å². The molecular formula is C44H30N2. The largest absolute Gasteiger partial charge is 0.310 e. The number of para-hydroxylation sites is 3. The summed E-state index contributed by atoms with van der Waals surface area (Å²) in [6, 6.07) is 61.0. The molecule has 1 aromatic heterocycles. The van der Waals surface area contributed by atoms with Crippen molar-refractivity contribution >= 4 is 44.4 Å². The van der Waals surface area contributed by atoms with Crippen molar-refractivity contribution < 1.29 is 0 Å². The van der Waals surface area contributed by atoms with Crippen LogP contribution in [0.1, 0.15) is 11.1 Å². The molecule has 7 aromatic carbocycles. The van der Waals surface area contributed by atoms with Crippen LogP contribution in [0.15, 0.2) is 176 Å². The molecule has 216 valence electrons. The monoisotopic (exact) mass is 586 g/mol. The van der Waals surface area contributed by atoms with E-state index in [-0.39, 0.29) is 0 Å². The Morgan fingerprint density at radius 2 is 0.978 bits per heavy atom. The molecule has 0 bridgehead atoms. The SMILES string of the molecule is C=C1c2ccccc2-c2ccc(N(c3ccccc3)c3ccc(-c4ccc5c(c4)c4ccccc4n5-c4ccccc4)cc3)cc21. The van der Waals surface area contributed by atoms with E-state index >= 15 is 0 Å². The van der Waals surface area contributed by atoms with Gasteiger partial charge in [0.25, 0.3) is 0 Å². The number of benzene rings is 7. The summed E-state index contributed by atoms with van der Waals surface area (Å²) in [5.41, 5.74) is 15.3. The molecule has 0 N–H and O–H groups in total. The van der Waals surface area contributed by atoms with E-state index in [4.69, 9.17) is 0 Å². The van der Waals surface area contributed by atoms with Gasteiger partial charge in [0, 0.05) is 33.5 Å². The van der Waals surface area contributed by atoms with E-state index in [1.807, 2.05) is 0 Å². The zero-order chi connectivity index (χ0) is 30.6. The van der Waals surface area contributed by atoms with Gasteiger partial charge in [-0.2, -0.15) is 0 Å². The normalized spacial score (nSPS) is 12.0. The lowest BCUT2D eigenvalue weighted by Crippen LogP contribution is -2.10. The van der Waals surface area contributed by atoms with E-state index in [0.29, 0.717) is 0 Å². The molecule has 2 nitrogen and oxygen atoms in total. The van der Waals surface area contributed by atoms with Gasteiger partial charge in [-0.3, -0.25) is 0 Å². The van der Waals surface area contributed by atoms with Crippen LogP contribution in [0.2, 0.25) is 0 Å². The minimum atomic E-state index is 1.08. The van der Waals surface area contributed by atoms with Crippen molar-refractivity contribution in [3.05, 3.63) is 188 Å². The van der Waals surface area contributed by atoms with Gasteiger partial charge in [0.1, 0.15) is 0 Å². The molecule has 0 saturated carbocycles. The first-order valence-corrected chi connectivity index (χ1v) is 15.7. The average Bonchev–Trinajstić information content (AvgIpc) is 3.61. The van der Waals surface area contributed by atoms with E-state index in [1.165, 1.54) is 60.9 Å². The predicted molar refractivity (Wildman–Crippen MR) is 194 cm³/mol. The van der Waals surface area contributed by atoms with Crippen LogP contribution in [-0.2, 0) is 0 Å². The molecule has 0 amide bonds. The van der Waals surface area contributed by atoms with Crippen molar-refractivity contribution in [1.29, 1.82) is 0 Å². The first kappa shape index (κ1) is 26.3. The Bertz CT molecular complexity index is 2420. The standard InChI is InChI=1S/C44H30N2/c1-30-37-16-8-9-17-38(37)39-26-25-36(29-41(30)39)45(33-12-4-2-5-13-33)35-23-20-31(21-24-35)32-22-27-44-42(28-32)40-18-10-11-19-43(40)46(44)34-14-6-3-7-15-34/h2-29H,1H2. The number of hydrogen-bond acceptors (Lipinski definition) is 1. The lowest BCUT2D eigenvalue weighted by Gasteiger charge is -2.26. The maximum absolute atomic E-state index is 4.47. The van der Waals surface area contributed by atoms with Crippen molar-refractivity contribution in [2.24, 2.45) is 0 Å². The summed E-state index contributed by atoms with van der Waals surface area (Å²) in [5, 5.41) is 2.52. The molecule has 0 saturated heterocycles. The minimum Gasteiger partial charge on any atom is -0.310 e. The molecule has 0 fully saturated rings. The Hall–Kier alpha value is -6.12. The first-order chi connectivity index (χ1) is 22.7. The highest BCUT2D eigenvalue weighted by molar-refractivity contribution is 6.10. The van der Waals surface area contributed by atoms with Crippen LogP contribution < -0.4 is 4.90 Å². The fourth-order valence-electron chi connectivity index (χ4n) is 7.12. The second kappa shape index (κ2) is 10.5. The second-order valence-electron chi connectivity index (χ2n) is 11.9. The van der Waals surface area contributed by atoms with Crippen molar-refractivity contribution in [2.45, 2.75) is 0 Å². The summed E-state index contributed by atoms with van der Waals surface area (Å²) in [4.78, 5) is 2.33. The van der Waals surface area contributed by atoms with Gasteiger partial charge in [-0.15, -0.1) is 0 Å². The van der Waals surface area contributed by atoms with E-state index in [0.717, 1.165) is 22.6 Å². The fraction of sp³-hybridized carbons (Fsp3) is 0. The Morgan fingerprint density at radius 3 is 1.78 bits per heavy atom. The van der Waals surface area contributed by atoms with Crippen molar-refractivity contribution in [3.8, 4) is 27.9 Å². The van der Waals surface area contributed by atoms with E-state index < -0.39 is 0 Å².